The first-order valence-corrected chi connectivity index (χ1v) is 8.90. The van der Waals surface area contributed by atoms with Crippen molar-refractivity contribution in [2.24, 2.45) is 0 Å². The van der Waals surface area contributed by atoms with Crippen LogP contribution in [0.1, 0.15) is 10.7 Å². The summed E-state index contributed by atoms with van der Waals surface area (Å²) in [5, 5.41) is 5.18. The molecule has 0 spiro atoms. The molecule has 0 atom stereocenters. The van der Waals surface area contributed by atoms with Gasteiger partial charge in [-0.2, -0.15) is 5.10 Å². The molecule has 0 N–H and O–H groups in total. The summed E-state index contributed by atoms with van der Waals surface area (Å²) in [6.07, 6.45) is 4.91. The van der Waals surface area contributed by atoms with Crippen molar-refractivity contribution in [2.45, 2.75) is 6.61 Å². The molecule has 0 fully saturated rings. The van der Waals surface area contributed by atoms with Crippen molar-refractivity contribution >= 4 is 33.6 Å². The van der Waals surface area contributed by atoms with Gasteiger partial charge in [0.2, 0.25) is 0 Å². The second-order valence-electron chi connectivity index (χ2n) is 5.55. The van der Waals surface area contributed by atoms with Crippen LogP contribution in [0.2, 0.25) is 0 Å². The third kappa shape index (κ3) is 3.70. The molecule has 2 aromatic heterocycles. The largest absolute Gasteiger partial charge is 0.456 e. The molecule has 2 heterocycles. The highest BCUT2D eigenvalue weighted by atomic mass is 32.1. The Morgan fingerprint density at radius 2 is 1.88 bits per heavy atom. The Morgan fingerprint density at radius 3 is 2.73 bits per heavy atom. The lowest BCUT2D eigenvalue weighted by Gasteiger charge is -2.00. The van der Waals surface area contributed by atoms with Gasteiger partial charge in [-0.1, -0.05) is 30.3 Å². The van der Waals surface area contributed by atoms with Crippen molar-refractivity contribution in [1.29, 1.82) is 0 Å². The summed E-state index contributed by atoms with van der Waals surface area (Å²) in [6.45, 7) is 0.128. The van der Waals surface area contributed by atoms with Crippen molar-refractivity contribution in [1.82, 2.24) is 14.8 Å². The number of thiazole rings is 1. The highest BCUT2D eigenvalue weighted by molar-refractivity contribution is 7.19. The predicted molar refractivity (Wildman–Crippen MR) is 102 cm³/mol. The third-order valence-corrected chi connectivity index (χ3v) is 4.70. The topological polar surface area (TPSA) is 57.0 Å². The molecule has 4 aromatic rings. The number of nitrogens with zero attached hydrogens (tertiary/aromatic N) is 3. The van der Waals surface area contributed by atoms with Gasteiger partial charge >= 0.3 is 5.97 Å². The zero-order valence-corrected chi connectivity index (χ0v) is 14.6. The van der Waals surface area contributed by atoms with Crippen LogP contribution in [0.15, 0.2) is 72.9 Å². The van der Waals surface area contributed by atoms with Gasteiger partial charge in [0.05, 0.1) is 15.9 Å². The molecule has 128 valence electrons. The first kappa shape index (κ1) is 16.2. The number of aromatic nitrogens is 3. The van der Waals surface area contributed by atoms with E-state index in [2.05, 4.69) is 10.1 Å². The number of para-hydroxylation sites is 2. The Bertz CT molecular complexity index is 1030. The number of ether oxygens (including phenoxy) is 1. The molecule has 26 heavy (non-hydrogen) atoms. The van der Waals surface area contributed by atoms with E-state index in [1.807, 2.05) is 66.9 Å². The maximum absolute atomic E-state index is 11.9. The van der Waals surface area contributed by atoms with E-state index in [9.17, 15) is 4.79 Å². The first-order chi connectivity index (χ1) is 12.8. The molecule has 5 nitrogen and oxygen atoms in total. The van der Waals surface area contributed by atoms with E-state index in [0.717, 1.165) is 20.9 Å². The van der Waals surface area contributed by atoms with Crippen LogP contribution < -0.4 is 0 Å². The standard InChI is InChI=1S/C20H15N3O2S/c24-20(11-10-19-21-17-8-4-5-9-18(17)26-19)25-14-15-12-13-23(22-15)16-6-2-1-3-7-16/h1-13H,14H2/b11-10+. The number of benzene rings is 2. The molecule has 0 radical (unpaired) electrons. The van der Waals surface area contributed by atoms with Gasteiger partial charge in [0.25, 0.3) is 0 Å². The van der Waals surface area contributed by atoms with Crippen LogP contribution in [0.4, 0.5) is 0 Å². The lowest BCUT2D eigenvalue weighted by Crippen LogP contribution is -2.02. The highest BCUT2D eigenvalue weighted by Crippen LogP contribution is 2.22. The van der Waals surface area contributed by atoms with Crippen LogP contribution >= 0.6 is 11.3 Å². The van der Waals surface area contributed by atoms with Crippen LogP contribution in [-0.2, 0) is 16.1 Å². The van der Waals surface area contributed by atoms with E-state index in [1.165, 1.54) is 17.4 Å². The summed E-state index contributed by atoms with van der Waals surface area (Å²) in [5.74, 6) is -0.418. The minimum atomic E-state index is -0.418. The van der Waals surface area contributed by atoms with Gasteiger partial charge < -0.3 is 4.74 Å². The first-order valence-electron chi connectivity index (χ1n) is 8.08. The summed E-state index contributed by atoms with van der Waals surface area (Å²) in [5.41, 5.74) is 2.58. The smallest absolute Gasteiger partial charge is 0.331 e. The van der Waals surface area contributed by atoms with Gasteiger partial charge in [0.1, 0.15) is 17.3 Å². The zero-order valence-electron chi connectivity index (χ0n) is 13.8. The molecule has 0 saturated heterocycles. The summed E-state index contributed by atoms with van der Waals surface area (Å²) in [4.78, 5) is 16.4. The second kappa shape index (κ2) is 7.33. The molecule has 0 amide bonds. The zero-order chi connectivity index (χ0) is 17.8. The fourth-order valence-corrected chi connectivity index (χ4v) is 3.33. The maximum Gasteiger partial charge on any atom is 0.331 e. The Hall–Kier alpha value is -3.25. The fraction of sp³-hybridized carbons (Fsp3) is 0.0500. The third-order valence-electron chi connectivity index (χ3n) is 3.70. The lowest BCUT2D eigenvalue weighted by molar-refractivity contribution is -0.139. The van der Waals surface area contributed by atoms with Gasteiger partial charge in [-0.15, -0.1) is 11.3 Å². The van der Waals surface area contributed by atoms with E-state index in [0.29, 0.717) is 5.69 Å². The molecule has 0 saturated carbocycles. The van der Waals surface area contributed by atoms with E-state index >= 15 is 0 Å². The van der Waals surface area contributed by atoms with E-state index in [1.54, 1.807) is 10.8 Å². The lowest BCUT2D eigenvalue weighted by atomic mass is 10.3. The molecule has 2 aromatic carbocycles. The Labute approximate surface area is 154 Å². The van der Waals surface area contributed by atoms with E-state index in [4.69, 9.17) is 4.74 Å². The number of carbonyl (C=O) groups excluding carboxylic acids is 1. The van der Waals surface area contributed by atoms with Gasteiger partial charge in [-0.05, 0) is 36.4 Å². The molecular formula is C20H15N3O2S. The Kier molecular flexibility index (Phi) is 4.57. The summed E-state index contributed by atoms with van der Waals surface area (Å²) >= 11 is 1.53. The molecule has 0 aliphatic rings. The number of esters is 1. The molecular weight excluding hydrogens is 346 g/mol. The van der Waals surface area contributed by atoms with Crippen molar-refractivity contribution in [3.63, 3.8) is 0 Å². The van der Waals surface area contributed by atoms with Crippen molar-refractivity contribution < 1.29 is 9.53 Å². The van der Waals surface area contributed by atoms with Crippen molar-refractivity contribution in [3.8, 4) is 5.69 Å². The molecule has 0 aliphatic heterocycles. The van der Waals surface area contributed by atoms with Gasteiger partial charge in [0, 0.05) is 12.3 Å². The van der Waals surface area contributed by atoms with Crippen LogP contribution in [0, 0.1) is 0 Å². The van der Waals surface area contributed by atoms with Gasteiger partial charge in [-0.3, -0.25) is 0 Å². The summed E-state index contributed by atoms with van der Waals surface area (Å²) in [6, 6.07) is 19.5. The molecule has 6 heteroatoms. The van der Waals surface area contributed by atoms with E-state index < -0.39 is 5.97 Å². The van der Waals surface area contributed by atoms with Crippen molar-refractivity contribution in [3.05, 3.63) is 83.6 Å². The quantitative estimate of drug-likeness (QED) is 0.394. The summed E-state index contributed by atoms with van der Waals surface area (Å²) < 4.78 is 8.09. The summed E-state index contributed by atoms with van der Waals surface area (Å²) in [7, 11) is 0. The average molecular weight is 361 g/mol. The highest BCUT2D eigenvalue weighted by Gasteiger charge is 2.05. The Balaban J connectivity index is 1.36. The average Bonchev–Trinajstić information content (AvgIpc) is 3.32. The number of carbonyl (C=O) groups is 1. The SMILES string of the molecule is O=C(/C=C/c1nc2ccccc2s1)OCc1ccn(-c2ccccc2)n1. The van der Waals surface area contributed by atoms with Gasteiger partial charge in [0.15, 0.2) is 0 Å². The van der Waals surface area contributed by atoms with E-state index in [-0.39, 0.29) is 6.61 Å². The van der Waals surface area contributed by atoms with Crippen LogP contribution in [0.3, 0.4) is 0 Å². The molecule has 4 rings (SSSR count). The number of rotatable bonds is 5. The normalized spacial score (nSPS) is 11.2. The van der Waals surface area contributed by atoms with Crippen LogP contribution in [0.5, 0.6) is 0 Å². The Morgan fingerprint density at radius 1 is 1.08 bits per heavy atom. The number of hydrogen-bond donors (Lipinski definition) is 0. The molecule has 0 aliphatic carbocycles. The number of fused-ring (bicyclic) bond motifs is 1. The molecule has 0 unspecified atom stereocenters. The minimum Gasteiger partial charge on any atom is -0.456 e. The predicted octanol–water partition coefficient (Wildman–Crippen LogP) is 4.24. The minimum absolute atomic E-state index is 0.128. The van der Waals surface area contributed by atoms with Crippen molar-refractivity contribution in [2.75, 3.05) is 0 Å². The van der Waals surface area contributed by atoms with Crippen LogP contribution in [-0.4, -0.2) is 20.7 Å². The van der Waals surface area contributed by atoms with Crippen LogP contribution in [0.25, 0.3) is 22.0 Å². The fourth-order valence-electron chi connectivity index (χ4n) is 2.46. The van der Waals surface area contributed by atoms with Gasteiger partial charge in [-0.25, -0.2) is 14.5 Å². The molecule has 0 bridgehead atoms. The number of hydrogen-bond acceptors (Lipinski definition) is 5. The maximum atomic E-state index is 11.9. The monoisotopic (exact) mass is 361 g/mol. The second-order valence-corrected chi connectivity index (χ2v) is 6.61.